The molecule has 2 aliphatic heterocycles. The second-order valence-corrected chi connectivity index (χ2v) is 8.34. The molecule has 3 amide bonds. The van der Waals surface area contributed by atoms with Crippen LogP contribution in [0.3, 0.4) is 0 Å². The van der Waals surface area contributed by atoms with Crippen LogP contribution in [0, 0.1) is 5.92 Å². The number of imide groups is 1. The van der Waals surface area contributed by atoms with Gasteiger partial charge >= 0.3 is 6.03 Å². The molecular weight excluding hydrogens is 354 g/mol. The number of nitrogens with one attached hydrogen (secondary N) is 1. The Balaban J connectivity index is 1.28. The monoisotopic (exact) mass is 385 g/mol. The maximum Gasteiger partial charge on any atom is 0.328 e. The Morgan fingerprint density at radius 3 is 2.18 bits per heavy atom. The van der Waals surface area contributed by atoms with E-state index in [9.17, 15) is 9.59 Å². The molecule has 1 aromatic rings. The molecule has 7 nitrogen and oxygen atoms in total. The lowest BCUT2D eigenvalue weighted by atomic mass is 9.86. The zero-order valence-corrected chi connectivity index (χ0v) is 16.5. The first kappa shape index (κ1) is 19.2. The van der Waals surface area contributed by atoms with Crippen molar-refractivity contribution in [3.8, 4) is 0 Å². The van der Waals surface area contributed by atoms with Gasteiger partial charge in [-0.25, -0.2) is 4.79 Å². The lowest BCUT2D eigenvalue weighted by molar-refractivity contribution is -0.120. The van der Waals surface area contributed by atoms with Crippen molar-refractivity contribution >= 4 is 23.3 Å². The quantitative estimate of drug-likeness (QED) is 0.826. The van der Waals surface area contributed by atoms with E-state index in [-0.39, 0.29) is 11.9 Å². The van der Waals surface area contributed by atoms with Gasteiger partial charge in [-0.3, -0.25) is 19.9 Å². The molecule has 152 valence electrons. The number of anilines is 2. The van der Waals surface area contributed by atoms with Crippen molar-refractivity contribution in [3.05, 3.63) is 24.3 Å². The summed E-state index contributed by atoms with van der Waals surface area (Å²) >= 11 is 0. The second kappa shape index (κ2) is 8.49. The number of carbonyl (C=O) groups excluding carboxylic acids is 2. The van der Waals surface area contributed by atoms with Gasteiger partial charge in [-0.05, 0) is 55.9 Å². The van der Waals surface area contributed by atoms with Gasteiger partial charge in [-0.2, -0.15) is 0 Å². The summed E-state index contributed by atoms with van der Waals surface area (Å²) in [6.07, 6.45) is 5.26. The van der Waals surface area contributed by atoms with Crippen molar-refractivity contribution in [2.75, 3.05) is 49.1 Å². The summed E-state index contributed by atoms with van der Waals surface area (Å²) < 4.78 is 0. The van der Waals surface area contributed by atoms with Crippen LogP contribution in [0.2, 0.25) is 0 Å². The van der Waals surface area contributed by atoms with Gasteiger partial charge in [0.2, 0.25) is 5.91 Å². The number of rotatable bonds is 4. The Bertz CT molecular complexity index is 691. The lowest BCUT2D eigenvalue weighted by Gasteiger charge is -2.39. The van der Waals surface area contributed by atoms with Gasteiger partial charge in [-0.15, -0.1) is 0 Å². The van der Waals surface area contributed by atoms with Crippen LogP contribution in [0.15, 0.2) is 24.3 Å². The van der Waals surface area contributed by atoms with E-state index in [4.69, 9.17) is 5.73 Å². The van der Waals surface area contributed by atoms with Crippen LogP contribution < -0.4 is 20.9 Å². The average molecular weight is 386 g/mol. The van der Waals surface area contributed by atoms with E-state index in [1.165, 1.54) is 37.9 Å². The van der Waals surface area contributed by atoms with Crippen molar-refractivity contribution < 1.29 is 9.59 Å². The highest BCUT2D eigenvalue weighted by molar-refractivity contribution is 6.05. The van der Waals surface area contributed by atoms with Crippen LogP contribution in [-0.2, 0) is 4.79 Å². The van der Waals surface area contributed by atoms with Gasteiger partial charge in [0.15, 0.2) is 0 Å². The molecule has 28 heavy (non-hydrogen) atoms. The summed E-state index contributed by atoms with van der Waals surface area (Å²) in [6, 6.07) is 8.20. The van der Waals surface area contributed by atoms with E-state index in [0.29, 0.717) is 19.0 Å². The van der Waals surface area contributed by atoms with Gasteiger partial charge in [0, 0.05) is 63.1 Å². The molecule has 1 aliphatic carbocycles. The van der Waals surface area contributed by atoms with Crippen molar-refractivity contribution in [1.82, 2.24) is 10.2 Å². The lowest BCUT2D eigenvalue weighted by Crippen LogP contribution is -2.49. The second-order valence-electron chi connectivity index (χ2n) is 8.34. The van der Waals surface area contributed by atoms with E-state index in [1.54, 1.807) is 4.90 Å². The van der Waals surface area contributed by atoms with Crippen molar-refractivity contribution in [1.29, 1.82) is 0 Å². The van der Waals surface area contributed by atoms with Gasteiger partial charge in [0.1, 0.15) is 0 Å². The number of amides is 3. The highest BCUT2D eigenvalue weighted by Gasteiger charge is 2.25. The molecule has 1 aromatic carbocycles. The zero-order chi connectivity index (χ0) is 19.5. The number of hydrogen-bond donors (Lipinski definition) is 2. The topological polar surface area (TPSA) is 81.9 Å². The van der Waals surface area contributed by atoms with Crippen molar-refractivity contribution in [3.63, 3.8) is 0 Å². The first-order valence-electron chi connectivity index (χ1n) is 10.5. The van der Waals surface area contributed by atoms with Crippen LogP contribution in [-0.4, -0.2) is 62.1 Å². The zero-order valence-electron chi connectivity index (χ0n) is 16.5. The number of nitrogens with zero attached hydrogens (tertiary/aromatic N) is 3. The molecule has 3 fully saturated rings. The Hall–Kier alpha value is -2.12. The van der Waals surface area contributed by atoms with Crippen LogP contribution in [0.1, 0.15) is 32.1 Å². The largest absolute Gasteiger partial charge is 0.369 e. The molecule has 0 atom stereocenters. The highest BCUT2D eigenvalue weighted by Crippen LogP contribution is 2.26. The molecule has 0 bridgehead atoms. The minimum Gasteiger partial charge on any atom is -0.369 e. The molecule has 7 heteroatoms. The molecule has 0 radical (unpaired) electrons. The summed E-state index contributed by atoms with van der Waals surface area (Å²) in [5.74, 6) is 0.611. The Labute approximate surface area is 166 Å². The summed E-state index contributed by atoms with van der Waals surface area (Å²) in [4.78, 5) is 29.9. The maximum atomic E-state index is 12.0. The molecular formula is C21H31N5O2. The van der Waals surface area contributed by atoms with Crippen LogP contribution in [0.25, 0.3) is 0 Å². The molecule has 2 heterocycles. The smallest absolute Gasteiger partial charge is 0.328 e. The molecule has 3 aliphatic rings. The highest BCUT2D eigenvalue weighted by atomic mass is 16.2. The van der Waals surface area contributed by atoms with Gasteiger partial charge < -0.3 is 10.6 Å². The number of hydrogen-bond acceptors (Lipinski definition) is 5. The SMILES string of the molecule is NC1CCC(CN2CCN(c3ccc(N4CCC(=O)NC4=O)cc3)CC2)CC1. The van der Waals surface area contributed by atoms with E-state index in [0.717, 1.165) is 37.8 Å². The number of benzene rings is 1. The van der Waals surface area contributed by atoms with E-state index in [1.807, 2.05) is 12.1 Å². The fraction of sp³-hybridized carbons (Fsp3) is 0.619. The minimum absolute atomic E-state index is 0.202. The van der Waals surface area contributed by atoms with E-state index < -0.39 is 0 Å². The minimum atomic E-state index is -0.332. The Kier molecular flexibility index (Phi) is 5.82. The van der Waals surface area contributed by atoms with Crippen molar-refractivity contribution in [2.24, 2.45) is 11.7 Å². The number of nitrogens with two attached hydrogens (primary N) is 1. The summed E-state index contributed by atoms with van der Waals surface area (Å²) in [6.45, 7) is 5.91. The molecule has 0 spiro atoms. The summed E-state index contributed by atoms with van der Waals surface area (Å²) in [7, 11) is 0. The third-order valence-corrected chi connectivity index (χ3v) is 6.36. The van der Waals surface area contributed by atoms with E-state index >= 15 is 0 Å². The average Bonchev–Trinajstić information content (AvgIpc) is 2.71. The first-order chi connectivity index (χ1) is 13.6. The van der Waals surface area contributed by atoms with Crippen molar-refractivity contribution in [2.45, 2.75) is 38.1 Å². The predicted molar refractivity (Wildman–Crippen MR) is 111 cm³/mol. The van der Waals surface area contributed by atoms with Gasteiger partial charge in [-0.1, -0.05) is 0 Å². The normalized spacial score (nSPS) is 27.0. The van der Waals surface area contributed by atoms with Gasteiger partial charge in [0.05, 0.1) is 0 Å². The first-order valence-corrected chi connectivity index (χ1v) is 10.5. The number of piperazine rings is 1. The molecule has 3 N–H and O–H groups in total. The Morgan fingerprint density at radius 1 is 0.893 bits per heavy atom. The number of carbonyl (C=O) groups is 2. The summed E-state index contributed by atoms with van der Waals surface area (Å²) in [5, 5.41) is 2.37. The Morgan fingerprint density at radius 2 is 1.54 bits per heavy atom. The fourth-order valence-electron chi connectivity index (χ4n) is 4.58. The third-order valence-electron chi connectivity index (χ3n) is 6.36. The third kappa shape index (κ3) is 4.47. The summed E-state index contributed by atoms with van der Waals surface area (Å²) in [5.41, 5.74) is 8.06. The van der Waals surface area contributed by atoms with E-state index in [2.05, 4.69) is 27.2 Å². The van der Waals surface area contributed by atoms with Crippen LogP contribution >= 0.6 is 0 Å². The van der Waals surface area contributed by atoms with Crippen LogP contribution in [0.4, 0.5) is 16.2 Å². The van der Waals surface area contributed by atoms with Gasteiger partial charge in [0.25, 0.3) is 0 Å². The molecule has 2 saturated heterocycles. The molecule has 0 unspecified atom stereocenters. The predicted octanol–water partition coefficient (Wildman–Crippen LogP) is 1.77. The fourth-order valence-corrected chi connectivity index (χ4v) is 4.58. The standard InChI is InChI=1S/C21H31N5O2/c22-17-3-1-16(2-4-17)15-24-11-13-25(14-12-24)18-5-7-19(8-6-18)26-10-9-20(27)23-21(26)28/h5-8,16-17H,1-4,9-15,22H2,(H,23,27,28). The maximum absolute atomic E-state index is 12.0. The molecule has 0 aromatic heterocycles. The van der Waals surface area contributed by atoms with Crippen LogP contribution in [0.5, 0.6) is 0 Å². The molecule has 1 saturated carbocycles. The molecule has 4 rings (SSSR count). The number of urea groups is 1.